The van der Waals surface area contributed by atoms with Crippen LogP contribution in [0.15, 0.2) is 94.4 Å². The van der Waals surface area contributed by atoms with Crippen LogP contribution in [0.2, 0.25) is 0 Å². The second-order valence-electron chi connectivity index (χ2n) is 11.9. The number of nitrogens with zero attached hydrogens (tertiary/aromatic N) is 2. The number of methoxy groups -OCH3 is 1. The van der Waals surface area contributed by atoms with Crippen molar-refractivity contribution in [2.45, 2.75) is 52.7 Å². The third-order valence-electron chi connectivity index (χ3n) is 7.27. The van der Waals surface area contributed by atoms with Gasteiger partial charge in [-0.1, -0.05) is 42.5 Å². The summed E-state index contributed by atoms with van der Waals surface area (Å²) in [5.41, 5.74) is 5.36. The molecule has 7 heteroatoms. The molecule has 0 fully saturated rings. The second kappa shape index (κ2) is 13.3. The van der Waals surface area contributed by atoms with Crippen LogP contribution in [0.3, 0.4) is 0 Å². The first-order valence-electron chi connectivity index (χ1n) is 14.7. The first-order valence-corrected chi connectivity index (χ1v) is 14.7. The van der Waals surface area contributed by atoms with Crippen molar-refractivity contribution < 1.29 is 23.4 Å². The molecule has 0 N–H and O–H groups in total. The smallest absolute Gasteiger partial charge is 0.335 e. The van der Waals surface area contributed by atoms with E-state index in [4.69, 9.17) is 18.6 Å². The highest BCUT2D eigenvalue weighted by molar-refractivity contribution is 5.91. The molecule has 0 saturated heterocycles. The van der Waals surface area contributed by atoms with E-state index in [2.05, 4.69) is 34.1 Å². The summed E-state index contributed by atoms with van der Waals surface area (Å²) >= 11 is 0. The van der Waals surface area contributed by atoms with Crippen LogP contribution in [0.4, 0.5) is 0 Å². The second-order valence-corrected chi connectivity index (χ2v) is 11.9. The van der Waals surface area contributed by atoms with Crippen LogP contribution >= 0.6 is 0 Å². The van der Waals surface area contributed by atoms with Gasteiger partial charge < -0.3 is 18.6 Å². The number of oxazole rings is 1. The largest absolute Gasteiger partial charge is 0.497 e. The summed E-state index contributed by atoms with van der Waals surface area (Å²) in [6.45, 7) is 10.1. The van der Waals surface area contributed by atoms with E-state index in [1.165, 1.54) is 5.56 Å². The first-order chi connectivity index (χ1) is 20.7. The normalized spacial score (nSPS) is 13.8. The van der Waals surface area contributed by atoms with Crippen LogP contribution in [0, 0.1) is 6.92 Å². The molecule has 0 saturated carbocycles. The highest BCUT2D eigenvalue weighted by Gasteiger charge is 2.30. The van der Waals surface area contributed by atoms with Gasteiger partial charge in [0, 0.05) is 31.6 Å². The third kappa shape index (κ3) is 8.14. The van der Waals surface area contributed by atoms with Crippen LogP contribution in [0.25, 0.3) is 11.5 Å². The van der Waals surface area contributed by atoms with Gasteiger partial charge in [-0.05, 0) is 87.2 Å². The predicted molar refractivity (Wildman–Crippen MR) is 167 cm³/mol. The Morgan fingerprint density at radius 3 is 2.42 bits per heavy atom. The third-order valence-corrected chi connectivity index (χ3v) is 7.27. The Labute approximate surface area is 254 Å². The van der Waals surface area contributed by atoms with E-state index in [-0.39, 0.29) is 5.97 Å². The van der Waals surface area contributed by atoms with Crippen molar-refractivity contribution in [1.29, 1.82) is 0 Å². The number of hydrogen-bond donors (Lipinski definition) is 0. The highest BCUT2D eigenvalue weighted by Crippen LogP contribution is 2.28. The number of esters is 1. The van der Waals surface area contributed by atoms with Crippen molar-refractivity contribution >= 4 is 5.97 Å². The number of rotatable bonds is 11. The molecule has 0 atom stereocenters. The van der Waals surface area contributed by atoms with Crippen LogP contribution in [-0.4, -0.2) is 48.3 Å². The Balaban J connectivity index is 1.24. The van der Waals surface area contributed by atoms with Crippen LogP contribution < -0.4 is 9.47 Å². The van der Waals surface area contributed by atoms with Gasteiger partial charge in [0.2, 0.25) is 5.89 Å². The lowest BCUT2D eigenvalue weighted by Crippen LogP contribution is -2.27. The van der Waals surface area contributed by atoms with Gasteiger partial charge in [-0.2, -0.15) is 0 Å². The summed E-state index contributed by atoms with van der Waals surface area (Å²) in [7, 11) is 1.66. The number of aryl methyl sites for hydroxylation is 1. The van der Waals surface area contributed by atoms with Gasteiger partial charge in [-0.3, -0.25) is 4.90 Å². The Kier molecular flexibility index (Phi) is 9.31. The molecular weight excluding hydrogens is 540 g/mol. The average molecular weight is 581 g/mol. The Morgan fingerprint density at radius 1 is 0.930 bits per heavy atom. The minimum absolute atomic E-state index is 0.245. The molecule has 1 aliphatic heterocycles. The van der Waals surface area contributed by atoms with Crippen molar-refractivity contribution in [3.8, 4) is 23.0 Å². The van der Waals surface area contributed by atoms with E-state index in [0.29, 0.717) is 38.4 Å². The molecule has 7 nitrogen and oxygen atoms in total. The molecule has 224 valence electrons. The standard InChI is InChI=1S/C36H40N2O5/c1-25-33(37-34(42-25)28-11-7-6-8-12-28)18-19-41-31-13-9-10-27(21-31)20-29-23-38(22-26-14-16-30(40-5)17-15-26)24-32(29)35(39)43-36(2,3)4/h6-17,21H,18-20,22-24H2,1-5H3. The maximum atomic E-state index is 13.2. The molecule has 0 unspecified atom stereocenters. The molecule has 0 aliphatic carbocycles. The van der Waals surface area contributed by atoms with Gasteiger partial charge >= 0.3 is 5.97 Å². The summed E-state index contributed by atoms with van der Waals surface area (Å²) in [5, 5.41) is 0. The highest BCUT2D eigenvalue weighted by atomic mass is 16.6. The summed E-state index contributed by atoms with van der Waals surface area (Å²) in [6.07, 6.45) is 1.29. The number of aromatic nitrogens is 1. The van der Waals surface area contributed by atoms with E-state index in [0.717, 1.165) is 51.8 Å². The fourth-order valence-corrected chi connectivity index (χ4v) is 5.19. The minimum atomic E-state index is -0.559. The van der Waals surface area contributed by atoms with E-state index >= 15 is 0 Å². The summed E-state index contributed by atoms with van der Waals surface area (Å²) in [6, 6.07) is 26.0. The maximum absolute atomic E-state index is 13.2. The quantitative estimate of drug-likeness (QED) is 0.177. The monoisotopic (exact) mass is 580 g/mol. The zero-order valence-electron chi connectivity index (χ0n) is 25.7. The van der Waals surface area contributed by atoms with E-state index in [1.54, 1.807) is 7.11 Å². The Hall–Kier alpha value is -4.36. The molecule has 5 rings (SSSR count). The summed E-state index contributed by atoms with van der Waals surface area (Å²) < 4.78 is 23.1. The number of carbonyl (C=O) groups is 1. The number of benzene rings is 3. The van der Waals surface area contributed by atoms with E-state index in [1.807, 2.05) is 82.3 Å². The fraction of sp³-hybridized carbons (Fsp3) is 0.333. The summed E-state index contributed by atoms with van der Waals surface area (Å²) in [5.74, 6) is 2.80. The minimum Gasteiger partial charge on any atom is -0.497 e. The first kappa shape index (κ1) is 30.1. The van der Waals surface area contributed by atoms with Crippen LogP contribution in [0.5, 0.6) is 11.5 Å². The van der Waals surface area contributed by atoms with Crippen LogP contribution in [-0.2, 0) is 28.9 Å². The summed E-state index contributed by atoms with van der Waals surface area (Å²) in [4.78, 5) is 20.2. The SMILES string of the molecule is COc1ccc(CN2CC(Cc3cccc(OCCc4nc(-c5ccccc5)oc4C)c3)=C(C(=O)OC(C)(C)C)C2)cc1. The Bertz CT molecular complexity index is 1570. The van der Waals surface area contributed by atoms with Crippen molar-refractivity contribution in [2.75, 3.05) is 26.8 Å². The molecule has 43 heavy (non-hydrogen) atoms. The number of ether oxygens (including phenoxy) is 3. The van der Waals surface area contributed by atoms with Crippen molar-refractivity contribution in [3.63, 3.8) is 0 Å². The zero-order chi connectivity index (χ0) is 30.4. The lowest BCUT2D eigenvalue weighted by atomic mass is 10.0. The zero-order valence-corrected chi connectivity index (χ0v) is 25.7. The van der Waals surface area contributed by atoms with Gasteiger partial charge in [-0.15, -0.1) is 0 Å². The van der Waals surface area contributed by atoms with Crippen LogP contribution in [0.1, 0.15) is 43.4 Å². The van der Waals surface area contributed by atoms with Crippen molar-refractivity contribution in [3.05, 3.63) is 113 Å². The van der Waals surface area contributed by atoms with Crippen molar-refractivity contribution in [2.24, 2.45) is 0 Å². The van der Waals surface area contributed by atoms with Gasteiger partial charge in [0.1, 0.15) is 22.9 Å². The lowest BCUT2D eigenvalue weighted by Gasteiger charge is -2.21. The molecule has 4 aromatic rings. The molecule has 1 aliphatic rings. The molecule has 0 radical (unpaired) electrons. The predicted octanol–water partition coefficient (Wildman–Crippen LogP) is 6.98. The number of carbonyl (C=O) groups excluding carboxylic acids is 1. The maximum Gasteiger partial charge on any atom is 0.335 e. The van der Waals surface area contributed by atoms with Gasteiger partial charge in [0.15, 0.2) is 0 Å². The molecule has 3 aromatic carbocycles. The average Bonchev–Trinajstić information content (AvgIpc) is 3.56. The van der Waals surface area contributed by atoms with E-state index in [9.17, 15) is 4.79 Å². The molecule has 2 heterocycles. The van der Waals surface area contributed by atoms with Gasteiger partial charge in [0.05, 0.1) is 25.0 Å². The molecule has 0 bridgehead atoms. The molecule has 1 aromatic heterocycles. The molecule has 0 amide bonds. The van der Waals surface area contributed by atoms with E-state index < -0.39 is 5.60 Å². The van der Waals surface area contributed by atoms with Crippen molar-refractivity contribution in [1.82, 2.24) is 9.88 Å². The lowest BCUT2D eigenvalue weighted by molar-refractivity contribution is -0.150. The fourth-order valence-electron chi connectivity index (χ4n) is 5.19. The Morgan fingerprint density at radius 2 is 1.70 bits per heavy atom. The van der Waals surface area contributed by atoms with Gasteiger partial charge in [-0.25, -0.2) is 9.78 Å². The topological polar surface area (TPSA) is 74.0 Å². The number of hydrogen-bond acceptors (Lipinski definition) is 7. The van der Waals surface area contributed by atoms with Gasteiger partial charge in [0.25, 0.3) is 0 Å². The molecule has 0 spiro atoms. The molecular formula is C36H40N2O5.